The quantitative estimate of drug-likeness (QED) is 0.460. The van der Waals surface area contributed by atoms with Crippen molar-refractivity contribution in [2.45, 2.75) is 18.9 Å². The van der Waals surface area contributed by atoms with E-state index in [4.69, 9.17) is 21.1 Å². The molecule has 2 aromatic carbocycles. The molecule has 0 saturated carbocycles. The van der Waals surface area contributed by atoms with E-state index >= 15 is 0 Å². The number of imide groups is 1. The van der Waals surface area contributed by atoms with Crippen LogP contribution in [-0.4, -0.2) is 54.5 Å². The zero-order chi connectivity index (χ0) is 22.8. The zero-order valence-electron chi connectivity index (χ0n) is 16.7. The van der Waals surface area contributed by atoms with E-state index in [0.29, 0.717) is 17.3 Å². The van der Waals surface area contributed by atoms with Gasteiger partial charge in [0.15, 0.2) is 6.61 Å². The minimum Gasteiger partial charge on any atom is -0.452 e. The van der Waals surface area contributed by atoms with Crippen molar-refractivity contribution >= 4 is 56.9 Å². The van der Waals surface area contributed by atoms with Gasteiger partial charge < -0.3 is 14.8 Å². The van der Waals surface area contributed by atoms with Crippen LogP contribution >= 0.6 is 27.5 Å². The number of esters is 1. The maximum atomic E-state index is 12.7. The third-order valence-corrected chi connectivity index (χ3v) is 5.96. The van der Waals surface area contributed by atoms with Gasteiger partial charge in [0, 0.05) is 11.1 Å². The van der Waals surface area contributed by atoms with Crippen molar-refractivity contribution in [2.75, 3.05) is 25.1 Å². The van der Waals surface area contributed by atoms with Gasteiger partial charge >= 0.3 is 5.97 Å². The predicted molar refractivity (Wildman–Crippen MR) is 119 cm³/mol. The summed E-state index contributed by atoms with van der Waals surface area (Å²) in [5, 5.41) is 2.88. The summed E-state index contributed by atoms with van der Waals surface area (Å²) < 4.78 is 11.3. The number of amides is 3. The van der Waals surface area contributed by atoms with Gasteiger partial charge in [0.25, 0.3) is 17.7 Å². The summed E-state index contributed by atoms with van der Waals surface area (Å²) in [7, 11) is 0. The van der Waals surface area contributed by atoms with Crippen LogP contribution in [0.2, 0.25) is 5.02 Å². The van der Waals surface area contributed by atoms with Crippen LogP contribution in [0.3, 0.4) is 0 Å². The molecule has 2 aliphatic heterocycles. The van der Waals surface area contributed by atoms with Crippen LogP contribution < -0.4 is 5.32 Å². The number of nitrogens with one attached hydrogen (secondary N) is 1. The predicted octanol–water partition coefficient (Wildman–Crippen LogP) is 3.67. The molecule has 32 heavy (non-hydrogen) atoms. The number of carbonyl (C=O) groups excluding carboxylic acids is 4. The fraction of sp³-hybridized carbons (Fsp3) is 0.273. The molecule has 8 nitrogen and oxygen atoms in total. The summed E-state index contributed by atoms with van der Waals surface area (Å²) in [4.78, 5) is 50.9. The molecule has 0 unspecified atom stereocenters. The summed E-state index contributed by atoms with van der Waals surface area (Å²) in [6.45, 7) is 0.261. The molecule has 2 heterocycles. The van der Waals surface area contributed by atoms with Crippen LogP contribution in [0.5, 0.6) is 0 Å². The van der Waals surface area contributed by atoms with Gasteiger partial charge in [-0.05, 0) is 49.2 Å². The Hall–Kier alpha value is -2.75. The van der Waals surface area contributed by atoms with Crippen molar-refractivity contribution in [1.82, 2.24) is 4.90 Å². The SMILES string of the molecule is O=C(COC(=O)c1ccc2c(c1)C(=O)N(C[C@@H]1CCCO1)C2=O)Nc1ccc(Br)cc1Cl. The first-order valence-corrected chi connectivity index (χ1v) is 11.0. The van der Waals surface area contributed by atoms with Crippen molar-refractivity contribution in [2.24, 2.45) is 0 Å². The molecule has 1 atom stereocenters. The lowest BCUT2D eigenvalue weighted by atomic mass is 10.1. The van der Waals surface area contributed by atoms with Crippen LogP contribution in [0, 0.1) is 0 Å². The molecular formula is C22H18BrClN2O6. The molecule has 166 valence electrons. The van der Waals surface area contributed by atoms with E-state index in [1.54, 1.807) is 18.2 Å². The molecule has 0 aliphatic carbocycles. The first kappa shape index (κ1) is 22.4. The highest BCUT2D eigenvalue weighted by atomic mass is 79.9. The van der Waals surface area contributed by atoms with Crippen molar-refractivity contribution in [3.8, 4) is 0 Å². The number of anilines is 1. The molecule has 0 bridgehead atoms. The highest BCUT2D eigenvalue weighted by Crippen LogP contribution is 2.27. The van der Waals surface area contributed by atoms with Crippen molar-refractivity contribution in [3.05, 3.63) is 62.6 Å². The number of nitrogens with zero attached hydrogens (tertiary/aromatic N) is 1. The average molecular weight is 522 g/mol. The van der Waals surface area contributed by atoms with E-state index in [1.165, 1.54) is 18.2 Å². The molecule has 4 rings (SSSR count). The van der Waals surface area contributed by atoms with E-state index < -0.39 is 30.3 Å². The lowest BCUT2D eigenvalue weighted by molar-refractivity contribution is -0.119. The summed E-state index contributed by atoms with van der Waals surface area (Å²) in [6, 6.07) is 9.07. The number of halogens is 2. The van der Waals surface area contributed by atoms with Gasteiger partial charge in [0.2, 0.25) is 0 Å². The average Bonchev–Trinajstić information content (AvgIpc) is 3.37. The third-order valence-electron chi connectivity index (χ3n) is 5.16. The van der Waals surface area contributed by atoms with E-state index in [-0.39, 0.29) is 29.3 Å². The monoisotopic (exact) mass is 520 g/mol. The summed E-state index contributed by atoms with van der Waals surface area (Å²) >= 11 is 9.32. The first-order chi connectivity index (χ1) is 15.3. The molecule has 1 saturated heterocycles. The Morgan fingerprint density at radius 3 is 2.66 bits per heavy atom. The van der Waals surface area contributed by atoms with Gasteiger partial charge in [-0.15, -0.1) is 0 Å². The minimum absolute atomic E-state index is 0.0679. The van der Waals surface area contributed by atoms with E-state index in [1.807, 2.05) is 0 Å². The van der Waals surface area contributed by atoms with Gasteiger partial charge in [-0.3, -0.25) is 19.3 Å². The molecule has 3 amide bonds. The Morgan fingerprint density at radius 2 is 1.94 bits per heavy atom. The third kappa shape index (κ3) is 4.69. The first-order valence-electron chi connectivity index (χ1n) is 9.87. The highest BCUT2D eigenvalue weighted by Gasteiger charge is 2.38. The Balaban J connectivity index is 1.38. The number of fused-ring (bicyclic) bond motifs is 1. The summed E-state index contributed by atoms with van der Waals surface area (Å²) in [5.41, 5.74) is 0.808. The van der Waals surface area contributed by atoms with Crippen molar-refractivity contribution < 1.29 is 28.7 Å². The van der Waals surface area contributed by atoms with E-state index in [9.17, 15) is 19.2 Å². The van der Waals surface area contributed by atoms with Gasteiger partial charge in [-0.2, -0.15) is 0 Å². The molecule has 2 aromatic rings. The Labute approximate surface area is 196 Å². The Morgan fingerprint density at radius 1 is 1.16 bits per heavy atom. The highest BCUT2D eigenvalue weighted by molar-refractivity contribution is 9.10. The topological polar surface area (TPSA) is 102 Å². The van der Waals surface area contributed by atoms with Crippen LogP contribution in [-0.2, 0) is 14.3 Å². The number of carbonyl (C=O) groups is 4. The van der Waals surface area contributed by atoms with E-state index in [2.05, 4.69) is 21.2 Å². The van der Waals surface area contributed by atoms with E-state index in [0.717, 1.165) is 22.2 Å². The second-order valence-electron chi connectivity index (χ2n) is 7.36. The van der Waals surface area contributed by atoms with Gasteiger partial charge in [0.05, 0.1) is 40.0 Å². The molecule has 10 heteroatoms. The minimum atomic E-state index is -0.789. The zero-order valence-corrected chi connectivity index (χ0v) is 19.1. The number of benzene rings is 2. The largest absolute Gasteiger partial charge is 0.452 e. The lowest BCUT2D eigenvalue weighted by Gasteiger charge is -2.17. The molecule has 0 aromatic heterocycles. The van der Waals surface area contributed by atoms with Crippen LogP contribution in [0.15, 0.2) is 40.9 Å². The fourth-order valence-electron chi connectivity index (χ4n) is 3.57. The maximum absolute atomic E-state index is 12.7. The summed E-state index contributed by atoms with van der Waals surface area (Å²) in [6.07, 6.45) is 1.52. The molecule has 0 radical (unpaired) electrons. The number of hydrogen-bond donors (Lipinski definition) is 1. The van der Waals surface area contributed by atoms with Crippen LogP contribution in [0.25, 0.3) is 0 Å². The number of ether oxygens (including phenoxy) is 2. The Kier molecular flexibility index (Phi) is 6.59. The maximum Gasteiger partial charge on any atom is 0.338 e. The van der Waals surface area contributed by atoms with Crippen LogP contribution in [0.1, 0.15) is 43.9 Å². The Bertz CT molecular complexity index is 1120. The van der Waals surface area contributed by atoms with Gasteiger partial charge in [0.1, 0.15) is 0 Å². The summed E-state index contributed by atoms with van der Waals surface area (Å²) in [5.74, 6) is -2.25. The standard InChI is InChI=1S/C22H18BrClN2O6/c23-13-4-6-18(17(24)9-13)25-19(27)11-32-22(30)12-3-5-15-16(8-12)21(29)26(20(15)28)10-14-2-1-7-31-14/h3-6,8-9,14H,1-2,7,10-11H2,(H,25,27)/t14-/m0/s1. The van der Waals surface area contributed by atoms with Crippen molar-refractivity contribution in [1.29, 1.82) is 0 Å². The smallest absolute Gasteiger partial charge is 0.338 e. The number of rotatable bonds is 6. The van der Waals surface area contributed by atoms with Gasteiger partial charge in [-0.25, -0.2) is 4.79 Å². The second kappa shape index (κ2) is 9.40. The normalized spacial score (nSPS) is 17.4. The number of hydrogen-bond acceptors (Lipinski definition) is 6. The second-order valence-corrected chi connectivity index (χ2v) is 8.69. The van der Waals surface area contributed by atoms with Crippen LogP contribution in [0.4, 0.5) is 5.69 Å². The molecule has 1 N–H and O–H groups in total. The molecular weight excluding hydrogens is 504 g/mol. The molecule has 2 aliphatic rings. The van der Waals surface area contributed by atoms with Crippen molar-refractivity contribution in [3.63, 3.8) is 0 Å². The molecule has 0 spiro atoms. The molecule has 1 fully saturated rings. The lowest BCUT2D eigenvalue weighted by Crippen LogP contribution is -2.36. The fourth-order valence-corrected chi connectivity index (χ4v) is 4.29. The van der Waals surface area contributed by atoms with Gasteiger partial charge in [-0.1, -0.05) is 27.5 Å².